The highest BCUT2D eigenvalue weighted by Gasteiger charge is 2.61. The number of nitrogens with one attached hydrogen (secondary N) is 1. The molecule has 2 fully saturated rings. The van der Waals surface area contributed by atoms with Crippen LogP contribution in [0.25, 0.3) is 11.2 Å². The van der Waals surface area contributed by atoms with Crippen molar-refractivity contribution in [3.05, 3.63) is 6.33 Å². The zero-order valence-electron chi connectivity index (χ0n) is 21.2. The first-order chi connectivity index (χ1) is 17.4. The molecule has 0 bridgehead atoms. The number of carbonyl (C=O) groups is 1. The fraction of sp³-hybridized carbons (Fsp3) is 0.714. The van der Waals surface area contributed by atoms with E-state index in [1.165, 1.54) is 17.8 Å². The molecule has 4 heterocycles. The van der Waals surface area contributed by atoms with E-state index >= 15 is 4.39 Å². The van der Waals surface area contributed by atoms with Crippen LogP contribution in [0.15, 0.2) is 6.33 Å². The van der Waals surface area contributed by atoms with Crippen LogP contribution in [0.5, 0.6) is 5.88 Å². The smallest absolute Gasteiger partial charge is 0.475 e. The standard InChI is InChI=1S/C21H32FN6O8P/c1-6-31-17-14-16(26-19(23)27-17)28(10-24-14)18-21(5,22)15-13(35-18)9-34-37(30,36-15)33-8-12(4)25-20(29)32-7-11(2)3/h10-13,15,18H,6-9H2,1-5H3,(H,25,29)(H2,23,26,27)/t12-,13+,15+,18+,21+,37+/m0/s1. The number of alkyl halides is 1. The van der Waals surface area contributed by atoms with Crippen LogP contribution >= 0.6 is 7.82 Å². The third-order valence-corrected chi connectivity index (χ3v) is 7.07. The summed E-state index contributed by atoms with van der Waals surface area (Å²) in [5.41, 5.74) is 4.10. The zero-order valence-corrected chi connectivity index (χ0v) is 22.1. The van der Waals surface area contributed by atoms with Gasteiger partial charge in [-0.1, -0.05) is 13.8 Å². The number of alkyl carbamates (subject to hydrolysis) is 1. The monoisotopic (exact) mass is 546 g/mol. The number of aromatic nitrogens is 4. The number of nitrogen functional groups attached to an aromatic ring is 1. The maximum atomic E-state index is 16.2. The zero-order chi connectivity index (χ0) is 27.0. The van der Waals surface area contributed by atoms with E-state index in [0.29, 0.717) is 6.61 Å². The lowest BCUT2D eigenvalue weighted by molar-refractivity contribution is -0.0711. The number of hydrogen-bond donors (Lipinski definition) is 2. The Bertz CT molecular complexity index is 1180. The van der Waals surface area contributed by atoms with Gasteiger partial charge in [0.05, 0.1) is 38.8 Å². The van der Waals surface area contributed by atoms with Crippen LogP contribution in [-0.4, -0.2) is 76.0 Å². The number of nitrogens with two attached hydrogens (primary N) is 1. The summed E-state index contributed by atoms with van der Waals surface area (Å²) < 4.78 is 63.3. The highest BCUT2D eigenvalue weighted by atomic mass is 31.2. The van der Waals surface area contributed by atoms with Gasteiger partial charge in [-0.15, -0.1) is 0 Å². The maximum absolute atomic E-state index is 16.2. The molecule has 14 nitrogen and oxygen atoms in total. The largest absolute Gasteiger partial charge is 0.476 e. The van der Waals surface area contributed by atoms with Gasteiger partial charge in [-0.2, -0.15) is 9.97 Å². The molecule has 4 rings (SSSR count). The van der Waals surface area contributed by atoms with Crippen molar-refractivity contribution in [2.75, 3.05) is 32.2 Å². The van der Waals surface area contributed by atoms with E-state index in [-0.39, 0.29) is 48.7 Å². The molecule has 0 unspecified atom stereocenters. The molecule has 6 atom stereocenters. The van der Waals surface area contributed by atoms with Crippen molar-refractivity contribution in [3.63, 3.8) is 0 Å². The molecule has 2 aliphatic heterocycles. The van der Waals surface area contributed by atoms with E-state index in [4.69, 9.17) is 33.5 Å². The number of fused-ring (bicyclic) bond motifs is 2. The number of phosphoric acid groups is 1. The average Bonchev–Trinajstić information content (AvgIpc) is 3.34. The van der Waals surface area contributed by atoms with Gasteiger partial charge in [0.2, 0.25) is 11.8 Å². The van der Waals surface area contributed by atoms with Crippen LogP contribution in [0.1, 0.15) is 40.8 Å². The molecule has 2 saturated heterocycles. The number of hydrogen-bond acceptors (Lipinski definition) is 12. The molecule has 0 spiro atoms. The number of carbonyl (C=O) groups excluding carboxylic acids is 1. The van der Waals surface area contributed by atoms with E-state index in [9.17, 15) is 9.36 Å². The molecule has 37 heavy (non-hydrogen) atoms. The molecule has 2 aliphatic rings. The lowest BCUT2D eigenvalue weighted by Gasteiger charge is -2.34. The predicted molar refractivity (Wildman–Crippen MR) is 127 cm³/mol. The van der Waals surface area contributed by atoms with Crippen LogP contribution in [0.3, 0.4) is 0 Å². The normalized spacial score (nSPS) is 30.3. The van der Waals surface area contributed by atoms with Crippen LogP contribution in [-0.2, 0) is 27.6 Å². The van der Waals surface area contributed by atoms with Gasteiger partial charge in [-0.25, -0.2) is 18.7 Å². The van der Waals surface area contributed by atoms with Crippen molar-refractivity contribution >= 4 is 31.0 Å². The van der Waals surface area contributed by atoms with Gasteiger partial charge in [0.15, 0.2) is 23.1 Å². The molecule has 0 aliphatic carbocycles. The quantitative estimate of drug-likeness (QED) is 0.441. The highest BCUT2D eigenvalue weighted by Crippen LogP contribution is 2.59. The fourth-order valence-electron chi connectivity index (χ4n) is 3.96. The van der Waals surface area contributed by atoms with Crippen LogP contribution < -0.4 is 15.8 Å². The second kappa shape index (κ2) is 10.7. The minimum atomic E-state index is -4.17. The summed E-state index contributed by atoms with van der Waals surface area (Å²) in [5.74, 6) is 0.254. The number of nitrogens with zero attached hydrogens (tertiary/aromatic N) is 4. The summed E-state index contributed by atoms with van der Waals surface area (Å²) >= 11 is 0. The Morgan fingerprint density at radius 3 is 2.84 bits per heavy atom. The summed E-state index contributed by atoms with van der Waals surface area (Å²) in [6.07, 6.45) is -2.75. The maximum Gasteiger partial charge on any atom is 0.475 e. The molecule has 2 aromatic heterocycles. The predicted octanol–water partition coefficient (Wildman–Crippen LogP) is 2.74. The van der Waals surface area contributed by atoms with Crippen LogP contribution in [0.2, 0.25) is 0 Å². The van der Waals surface area contributed by atoms with E-state index < -0.39 is 44.1 Å². The number of anilines is 1. The Hall–Kier alpha value is -2.58. The van der Waals surface area contributed by atoms with E-state index in [2.05, 4.69) is 20.3 Å². The SMILES string of the molecule is CCOc1nc(N)nc2c1ncn2[C@@H]1O[C@@H]2CO[P@@](=O)(OC[C@H](C)NC(=O)OCC(C)C)O[C@H]2[C@@]1(C)F. The van der Waals surface area contributed by atoms with Gasteiger partial charge >= 0.3 is 13.9 Å². The van der Waals surface area contributed by atoms with Crippen molar-refractivity contribution in [1.29, 1.82) is 0 Å². The Morgan fingerprint density at radius 2 is 2.14 bits per heavy atom. The van der Waals surface area contributed by atoms with Crippen molar-refractivity contribution < 1.29 is 41.5 Å². The first-order valence-corrected chi connectivity index (χ1v) is 13.4. The molecule has 206 valence electrons. The molecule has 2 aromatic rings. The van der Waals surface area contributed by atoms with Crippen molar-refractivity contribution in [2.24, 2.45) is 5.92 Å². The molecular formula is C21H32FN6O8P. The summed E-state index contributed by atoms with van der Waals surface area (Å²) in [4.78, 5) is 24.3. The summed E-state index contributed by atoms with van der Waals surface area (Å²) in [6, 6.07) is -0.582. The number of amides is 1. The summed E-state index contributed by atoms with van der Waals surface area (Å²) in [7, 11) is -4.17. The Balaban J connectivity index is 1.45. The van der Waals surface area contributed by atoms with Gasteiger partial charge in [-0.3, -0.25) is 18.1 Å². The molecule has 1 amide bonds. The summed E-state index contributed by atoms with van der Waals surface area (Å²) in [6.45, 7) is 8.57. The van der Waals surface area contributed by atoms with Gasteiger partial charge in [0, 0.05) is 0 Å². The number of imidazole rings is 1. The second-order valence-corrected chi connectivity index (χ2v) is 11.0. The van der Waals surface area contributed by atoms with Gasteiger partial charge in [0.25, 0.3) is 0 Å². The topological polar surface area (TPSA) is 171 Å². The Morgan fingerprint density at radius 1 is 1.38 bits per heavy atom. The van der Waals surface area contributed by atoms with Crippen LogP contribution in [0.4, 0.5) is 15.1 Å². The molecule has 16 heteroatoms. The Labute approximate surface area is 212 Å². The first kappa shape index (κ1) is 27.5. The molecule has 0 saturated carbocycles. The molecular weight excluding hydrogens is 514 g/mol. The first-order valence-electron chi connectivity index (χ1n) is 11.9. The van der Waals surface area contributed by atoms with Gasteiger partial charge < -0.3 is 25.3 Å². The van der Waals surface area contributed by atoms with E-state index in [0.717, 1.165) is 0 Å². The van der Waals surface area contributed by atoms with Gasteiger partial charge in [-0.05, 0) is 26.7 Å². The third-order valence-electron chi connectivity index (χ3n) is 5.66. The molecule has 0 radical (unpaired) electrons. The van der Waals surface area contributed by atoms with Gasteiger partial charge in [0.1, 0.15) is 12.2 Å². The van der Waals surface area contributed by atoms with Crippen molar-refractivity contribution in [2.45, 2.75) is 64.8 Å². The number of ether oxygens (including phenoxy) is 3. The van der Waals surface area contributed by atoms with E-state index in [1.54, 1.807) is 13.8 Å². The number of rotatable bonds is 9. The molecule has 0 aromatic carbocycles. The third kappa shape index (κ3) is 5.80. The Kier molecular flexibility index (Phi) is 7.91. The summed E-state index contributed by atoms with van der Waals surface area (Å²) in [5, 5.41) is 2.56. The lowest BCUT2D eigenvalue weighted by Crippen LogP contribution is -2.45. The lowest BCUT2D eigenvalue weighted by atomic mass is 9.98. The van der Waals surface area contributed by atoms with Crippen LogP contribution in [0, 0.1) is 5.92 Å². The number of halogens is 1. The fourth-order valence-corrected chi connectivity index (χ4v) is 5.51. The average molecular weight is 546 g/mol. The minimum Gasteiger partial charge on any atom is -0.476 e. The van der Waals surface area contributed by atoms with Crippen molar-refractivity contribution in [3.8, 4) is 5.88 Å². The molecule has 3 N–H and O–H groups in total. The second-order valence-electron chi connectivity index (χ2n) is 9.42. The van der Waals surface area contributed by atoms with E-state index in [1.807, 2.05) is 13.8 Å². The number of phosphoric ester groups is 1. The van der Waals surface area contributed by atoms with Crippen molar-refractivity contribution in [1.82, 2.24) is 24.8 Å². The highest BCUT2D eigenvalue weighted by molar-refractivity contribution is 7.48. The minimum absolute atomic E-state index is 0.0815.